The molecule has 0 saturated carbocycles. The molecular formula is C28H30N2O3. The molecule has 3 aromatic carbocycles. The topological polar surface area (TPSA) is 60.9 Å². The lowest BCUT2D eigenvalue weighted by Gasteiger charge is -2.39. The number of carboxylic acid groups (broad SMARTS) is 1. The molecule has 0 aliphatic carbocycles. The van der Waals surface area contributed by atoms with Gasteiger partial charge in [-0.2, -0.15) is 0 Å². The maximum Gasteiger partial charge on any atom is 0.303 e. The summed E-state index contributed by atoms with van der Waals surface area (Å²) < 4.78 is 0. The molecule has 3 aromatic rings. The molecule has 1 fully saturated rings. The van der Waals surface area contributed by atoms with Crippen LogP contribution < -0.4 is 0 Å². The molecule has 0 bridgehead atoms. The summed E-state index contributed by atoms with van der Waals surface area (Å²) in [5.74, 6) is -0.730. The van der Waals surface area contributed by atoms with Gasteiger partial charge in [0.25, 0.3) is 5.91 Å². The van der Waals surface area contributed by atoms with E-state index in [0.717, 1.165) is 29.8 Å². The van der Waals surface area contributed by atoms with Crippen LogP contribution >= 0.6 is 0 Å². The molecule has 1 heterocycles. The number of carboxylic acids is 1. The number of nitrogens with zero attached hydrogens (tertiary/aromatic N) is 2. The van der Waals surface area contributed by atoms with Gasteiger partial charge in [0.2, 0.25) is 0 Å². The van der Waals surface area contributed by atoms with Crippen molar-refractivity contribution in [1.82, 2.24) is 9.80 Å². The minimum atomic E-state index is -0.778. The first-order valence-corrected chi connectivity index (χ1v) is 11.5. The van der Waals surface area contributed by atoms with Crippen molar-refractivity contribution in [2.45, 2.75) is 25.8 Å². The Morgan fingerprint density at radius 3 is 2.03 bits per heavy atom. The first-order chi connectivity index (χ1) is 16.0. The van der Waals surface area contributed by atoms with Gasteiger partial charge >= 0.3 is 5.97 Å². The number of hydrogen-bond acceptors (Lipinski definition) is 3. The van der Waals surface area contributed by atoms with Gasteiger partial charge in [0.15, 0.2) is 0 Å². The Hall–Kier alpha value is -3.44. The smallest absolute Gasteiger partial charge is 0.303 e. The number of benzene rings is 3. The number of aliphatic carboxylic acids is 1. The standard InChI is InChI=1S/C28H30N2O3/c1-21-7-9-24(10-8-21)26(15-16-27(31)32)29-17-19-30(20-18-29)28(33)25-13-11-23(12-14-25)22-5-3-2-4-6-22/h2-14,26H,15-20H2,1H3,(H,31,32)/t26-/m0/s1. The number of hydrogen-bond donors (Lipinski definition) is 1. The zero-order valence-electron chi connectivity index (χ0n) is 19.0. The van der Waals surface area contributed by atoms with Gasteiger partial charge in [0.1, 0.15) is 0 Å². The SMILES string of the molecule is Cc1ccc([C@H](CCC(=O)O)N2CCN(C(=O)c3ccc(-c4ccccc4)cc3)CC2)cc1. The minimum absolute atomic E-state index is 0.0455. The predicted octanol–water partition coefficient (Wildman–Crippen LogP) is 5.03. The van der Waals surface area contributed by atoms with Crippen molar-refractivity contribution >= 4 is 11.9 Å². The average molecular weight is 443 g/mol. The summed E-state index contributed by atoms with van der Waals surface area (Å²) >= 11 is 0. The molecule has 0 radical (unpaired) electrons. The lowest BCUT2D eigenvalue weighted by Crippen LogP contribution is -2.49. The summed E-state index contributed by atoms with van der Waals surface area (Å²) in [5, 5.41) is 9.21. The summed E-state index contributed by atoms with van der Waals surface area (Å²) in [4.78, 5) is 28.5. The third kappa shape index (κ3) is 5.68. The molecule has 0 aromatic heterocycles. The Kier molecular flexibility index (Phi) is 7.20. The minimum Gasteiger partial charge on any atom is -0.481 e. The molecule has 5 nitrogen and oxygen atoms in total. The third-order valence-electron chi connectivity index (χ3n) is 6.37. The van der Waals surface area contributed by atoms with Crippen LogP contribution in [0.2, 0.25) is 0 Å². The summed E-state index contributed by atoms with van der Waals surface area (Å²) in [5.41, 5.74) is 5.25. The Morgan fingerprint density at radius 1 is 0.818 bits per heavy atom. The molecule has 1 atom stereocenters. The van der Waals surface area contributed by atoms with E-state index in [4.69, 9.17) is 0 Å². The van der Waals surface area contributed by atoms with E-state index in [1.807, 2.05) is 54.3 Å². The molecule has 4 rings (SSSR count). The highest BCUT2D eigenvalue weighted by molar-refractivity contribution is 5.94. The van der Waals surface area contributed by atoms with Crippen LogP contribution in [0.5, 0.6) is 0 Å². The van der Waals surface area contributed by atoms with E-state index in [1.165, 1.54) is 5.56 Å². The number of carbonyl (C=O) groups is 2. The molecular weight excluding hydrogens is 412 g/mol. The lowest BCUT2D eigenvalue weighted by molar-refractivity contribution is -0.137. The summed E-state index contributed by atoms with van der Waals surface area (Å²) in [6.45, 7) is 4.77. The maximum atomic E-state index is 13.1. The van der Waals surface area contributed by atoms with Gasteiger partial charge in [-0.3, -0.25) is 14.5 Å². The fourth-order valence-corrected chi connectivity index (χ4v) is 4.46. The first kappa shape index (κ1) is 22.7. The number of carbonyl (C=O) groups excluding carboxylic acids is 1. The summed E-state index contributed by atoms with van der Waals surface area (Å²) in [6, 6.07) is 26.3. The van der Waals surface area contributed by atoms with Crippen LogP contribution in [-0.4, -0.2) is 53.0 Å². The summed E-state index contributed by atoms with van der Waals surface area (Å²) in [6.07, 6.45) is 0.693. The number of amides is 1. The van der Waals surface area contributed by atoms with Gasteiger partial charge in [-0.15, -0.1) is 0 Å². The normalized spacial score (nSPS) is 15.2. The Balaban J connectivity index is 1.40. The molecule has 1 saturated heterocycles. The molecule has 33 heavy (non-hydrogen) atoms. The van der Waals surface area contributed by atoms with Crippen molar-refractivity contribution in [3.63, 3.8) is 0 Å². The van der Waals surface area contributed by atoms with Crippen molar-refractivity contribution in [3.05, 3.63) is 95.6 Å². The molecule has 0 unspecified atom stereocenters. The number of rotatable bonds is 7. The lowest BCUT2D eigenvalue weighted by atomic mass is 9.98. The first-order valence-electron chi connectivity index (χ1n) is 11.5. The van der Waals surface area contributed by atoms with E-state index in [0.29, 0.717) is 25.1 Å². The maximum absolute atomic E-state index is 13.1. The average Bonchev–Trinajstić information content (AvgIpc) is 2.86. The largest absolute Gasteiger partial charge is 0.481 e. The van der Waals surface area contributed by atoms with Gasteiger partial charge in [0, 0.05) is 44.2 Å². The predicted molar refractivity (Wildman–Crippen MR) is 130 cm³/mol. The van der Waals surface area contributed by atoms with Crippen LogP contribution in [0.3, 0.4) is 0 Å². The van der Waals surface area contributed by atoms with E-state index in [-0.39, 0.29) is 18.4 Å². The Labute approximate surface area is 195 Å². The van der Waals surface area contributed by atoms with Crippen molar-refractivity contribution in [2.75, 3.05) is 26.2 Å². The second kappa shape index (κ2) is 10.5. The number of aryl methyl sites for hydroxylation is 1. The monoisotopic (exact) mass is 442 g/mol. The molecule has 1 aliphatic rings. The molecule has 1 N–H and O–H groups in total. The summed E-state index contributed by atoms with van der Waals surface area (Å²) in [7, 11) is 0. The van der Waals surface area contributed by atoms with E-state index in [9.17, 15) is 14.7 Å². The fraction of sp³-hybridized carbons (Fsp3) is 0.286. The fourth-order valence-electron chi connectivity index (χ4n) is 4.46. The van der Waals surface area contributed by atoms with Crippen LogP contribution in [0.1, 0.15) is 40.4 Å². The van der Waals surface area contributed by atoms with Crippen molar-refractivity contribution < 1.29 is 14.7 Å². The van der Waals surface area contributed by atoms with Crippen LogP contribution in [0, 0.1) is 6.92 Å². The van der Waals surface area contributed by atoms with Gasteiger partial charge < -0.3 is 10.0 Å². The highest BCUT2D eigenvalue weighted by Gasteiger charge is 2.28. The third-order valence-corrected chi connectivity index (χ3v) is 6.37. The van der Waals surface area contributed by atoms with E-state index < -0.39 is 5.97 Å². The van der Waals surface area contributed by atoms with Crippen LogP contribution in [0.15, 0.2) is 78.9 Å². The van der Waals surface area contributed by atoms with E-state index >= 15 is 0 Å². The van der Waals surface area contributed by atoms with E-state index in [1.54, 1.807) is 0 Å². The zero-order valence-corrected chi connectivity index (χ0v) is 19.0. The van der Waals surface area contributed by atoms with Crippen LogP contribution in [-0.2, 0) is 4.79 Å². The molecule has 170 valence electrons. The van der Waals surface area contributed by atoms with Crippen LogP contribution in [0.25, 0.3) is 11.1 Å². The Bertz CT molecular complexity index is 1070. The quantitative estimate of drug-likeness (QED) is 0.558. The van der Waals surface area contributed by atoms with Gasteiger partial charge in [-0.25, -0.2) is 0 Å². The second-order valence-corrected chi connectivity index (χ2v) is 8.63. The van der Waals surface area contributed by atoms with Crippen molar-refractivity contribution in [2.24, 2.45) is 0 Å². The highest BCUT2D eigenvalue weighted by atomic mass is 16.4. The van der Waals surface area contributed by atoms with Gasteiger partial charge in [-0.05, 0) is 42.2 Å². The molecule has 5 heteroatoms. The van der Waals surface area contributed by atoms with Gasteiger partial charge in [0.05, 0.1) is 0 Å². The van der Waals surface area contributed by atoms with Gasteiger partial charge in [-0.1, -0.05) is 72.3 Å². The Morgan fingerprint density at radius 2 is 1.42 bits per heavy atom. The molecule has 1 amide bonds. The zero-order chi connectivity index (χ0) is 23.2. The highest BCUT2D eigenvalue weighted by Crippen LogP contribution is 2.28. The van der Waals surface area contributed by atoms with Crippen molar-refractivity contribution in [1.29, 1.82) is 0 Å². The second-order valence-electron chi connectivity index (χ2n) is 8.63. The molecule has 1 aliphatic heterocycles. The van der Waals surface area contributed by atoms with Crippen LogP contribution in [0.4, 0.5) is 0 Å². The van der Waals surface area contributed by atoms with Crippen molar-refractivity contribution in [3.8, 4) is 11.1 Å². The number of piperazine rings is 1. The molecule has 0 spiro atoms. The van der Waals surface area contributed by atoms with E-state index in [2.05, 4.69) is 41.3 Å².